The summed E-state index contributed by atoms with van der Waals surface area (Å²) < 4.78 is 5.61. The molecule has 0 aromatic carbocycles. The maximum absolute atomic E-state index is 10.0. The summed E-state index contributed by atoms with van der Waals surface area (Å²) in [5, 5.41) is 18.7. The molecule has 0 aliphatic carbocycles. The van der Waals surface area contributed by atoms with Gasteiger partial charge in [-0.15, -0.1) is 0 Å². The van der Waals surface area contributed by atoms with Crippen LogP contribution in [0.2, 0.25) is 0 Å². The Labute approximate surface area is 336 Å². The number of hydrogen-bond acceptors (Lipinski definition) is 3. The number of unbranched alkanes of at least 4 members (excludes halogenated alkanes) is 40. The van der Waals surface area contributed by atoms with Gasteiger partial charge in [0.15, 0.2) is 6.29 Å². The minimum Gasteiger partial charge on any atom is -0.396 e. The van der Waals surface area contributed by atoms with Crippen molar-refractivity contribution in [2.75, 3.05) is 13.2 Å². The molecule has 53 heavy (non-hydrogen) atoms. The smallest absolute Gasteiger partial charge is 0.154 e. The van der Waals surface area contributed by atoms with Crippen LogP contribution in [-0.4, -0.2) is 29.7 Å². The summed E-state index contributed by atoms with van der Waals surface area (Å²) in [5.74, 6) is 0. The zero-order chi connectivity index (χ0) is 38.8. The predicted octanol–water partition coefficient (Wildman–Crippen LogP) is 17.5. The number of rotatable bonds is 46. The summed E-state index contributed by atoms with van der Waals surface area (Å²) in [6, 6.07) is 0. The van der Waals surface area contributed by atoms with Crippen molar-refractivity contribution in [2.45, 2.75) is 310 Å². The third kappa shape index (κ3) is 56.3. The Bertz CT molecular complexity index is 565. The first-order valence-electron chi connectivity index (χ1n) is 25.1. The number of aliphatic hydroxyl groups excluding tert-OH is 2. The third-order valence-corrected chi connectivity index (χ3v) is 11.4. The molecular weight excluding hydrogens is 649 g/mol. The Hall–Kier alpha value is -0.120. The Morgan fingerprint density at radius 3 is 0.736 bits per heavy atom. The molecule has 0 bridgehead atoms. The molecule has 0 rings (SSSR count). The van der Waals surface area contributed by atoms with Crippen LogP contribution >= 0.6 is 0 Å². The monoisotopic (exact) mass is 753 g/mol. The number of hydrogen-bond donors (Lipinski definition) is 2. The Morgan fingerprint density at radius 1 is 0.283 bits per heavy atom. The molecule has 0 spiro atoms. The average Bonchev–Trinajstić information content (AvgIpc) is 3.17. The van der Waals surface area contributed by atoms with Crippen molar-refractivity contribution < 1.29 is 14.9 Å². The van der Waals surface area contributed by atoms with Crippen molar-refractivity contribution >= 4 is 0 Å². The highest BCUT2D eigenvalue weighted by Crippen LogP contribution is 2.16. The molecule has 0 radical (unpaired) electrons. The largest absolute Gasteiger partial charge is 0.396 e. The van der Waals surface area contributed by atoms with Crippen molar-refractivity contribution in [1.29, 1.82) is 0 Å². The summed E-state index contributed by atoms with van der Waals surface area (Å²) in [5.41, 5.74) is 0. The highest BCUT2D eigenvalue weighted by Gasteiger charge is 2.04. The second-order valence-electron chi connectivity index (χ2n) is 17.0. The van der Waals surface area contributed by atoms with E-state index in [-0.39, 0.29) is 0 Å². The molecule has 0 aromatic heterocycles. The van der Waals surface area contributed by atoms with Gasteiger partial charge < -0.3 is 14.9 Å². The highest BCUT2D eigenvalue weighted by molar-refractivity contribution is 4.53. The summed E-state index contributed by atoms with van der Waals surface area (Å²) in [6.45, 7) is 7.97. The van der Waals surface area contributed by atoms with E-state index in [2.05, 4.69) is 20.8 Å². The van der Waals surface area contributed by atoms with E-state index >= 15 is 0 Å². The lowest BCUT2D eigenvalue weighted by Gasteiger charge is -2.12. The van der Waals surface area contributed by atoms with Crippen molar-refractivity contribution in [3.05, 3.63) is 0 Å². The molecule has 0 fully saturated rings. The van der Waals surface area contributed by atoms with Gasteiger partial charge in [0.1, 0.15) is 0 Å². The minimum absolute atomic E-state index is 0.373. The molecule has 0 heterocycles. The zero-order valence-corrected chi connectivity index (χ0v) is 37.4. The molecule has 322 valence electrons. The van der Waals surface area contributed by atoms with Gasteiger partial charge in [-0.25, -0.2) is 0 Å². The van der Waals surface area contributed by atoms with Crippen molar-refractivity contribution in [2.24, 2.45) is 0 Å². The average molecular weight is 753 g/mol. The van der Waals surface area contributed by atoms with E-state index < -0.39 is 6.29 Å². The molecular formula is C50H104O3. The van der Waals surface area contributed by atoms with Crippen LogP contribution in [-0.2, 0) is 4.74 Å². The van der Waals surface area contributed by atoms with Gasteiger partial charge in [0.25, 0.3) is 0 Å². The fraction of sp³-hybridized carbons (Fsp3) is 1.00. The van der Waals surface area contributed by atoms with Gasteiger partial charge in [0.2, 0.25) is 0 Å². The summed E-state index contributed by atoms with van der Waals surface area (Å²) in [4.78, 5) is 0. The van der Waals surface area contributed by atoms with Crippen LogP contribution in [0.25, 0.3) is 0 Å². The van der Waals surface area contributed by atoms with Gasteiger partial charge >= 0.3 is 0 Å². The van der Waals surface area contributed by atoms with E-state index in [1.54, 1.807) is 0 Å². The van der Waals surface area contributed by atoms with Crippen molar-refractivity contribution in [3.8, 4) is 0 Å². The number of aliphatic hydroxyl groups is 2. The highest BCUT2D eigenvalue weighted by atomic mass is 16.6. The van der Waals surface area contributed by atoms with Crippen LogP contribution in [0.1, 0.15) is 303 Å². The Balaban J connectivity index is 0. The van der Waals surface area contributed by atoms with E-state index in [1.165, 1.54) is 257 Å². The SMILES string of the molecule is CCCCCCCCCCCCCCCCCCO.CCCCCCCCCCCCCCCCOC(O)CCCCCCCCCCCCCCC. The standard InChI is InChI=1S/C32H66O2.C18H38O/c1-3-5-7-9-11-13-15-17-19-21-23-25-27-29-31-34-32(33)30-28-26-24-22-20-18-16-14-12-10-8-6-4-2;1-2-3-4-5-6-7-8-9-10-11-12-13-14-15-16-17-18-19/h32-33H,3-31H2,1-2H3;19H,2-18H2,1H3. The van der Waals surface area contributed by atoms with Crippen LogP contribution in [0, 0.1) is 0 Å². The lowest BCUT2D eigenvalue weighted by Crippen LogP contribution is -2.12. The molecule has 0 aromatic rings. The topological polar surface area (TPSA) is 49.7 Å². The molecule has 0 aliphatic rings. The van der Waals surface area contributed by atoms with Crippen LogP contribution in [0.4, 0.5) is 0 Å². The first-order valence-corrected chi connectivity index (χ1v) is 25.1. The van der Waals surface area contributed by atoms with Crippen LogP contribution in [0.15, 0.2) is 0 Å². The lowest BCUT2D eigenvalue weighted by molar-refractivity contribution is -0.105. The van der Waals surface area contributed by atoms with Crippen molar-refractivity contribution in [1.82, 2.24) is 0 Å². The lowest BCUT2D eigenvalue weighted by atomic mass is 10.0. The van der Waals surface area contributed by atoms with Gasteiger partial charge in [-0.3, -0.25) is 0 Å². The zero-order valence-electron chi connectivity index (χ0n) is 37.4. The number of ether oxygens (including phenoxy) is 1. The molecule has 0 aliphatic heterocycles. The van der Waals surface area contributed by atoms with Crippen LogP contribution in [0.3, 0.4) is 0 Å². The summed E-state index contributed by atoms with van der Waals surface area (Å²) in [6.07, 6.45) is 59.6. The second-order valence-corrected chi connectivity index (χ2v) is 17.0. The van der Waals surface area contributed by atoms with Crippen LogP contribution in [0.5, 0.6) is 0 Å². The third-order valence-electron chi connectivity index (χ3n) is 11.4. The van der Waals surface area contributed by atoms with E-state index in [1.807, 2.05) is 0 Å². The predicted molar refractivity (Wildman–Crippen MR) is 239 cm³/mol. The molecule has 3 heteroatoms. The molecule has 2 N–H and O–H groups in total. The Kier molecular flexibility index (Phi) is 56.0. The fourth-order valence-electron chi connectivity index (χ4n) is 7.60. The van der Waals surface area contributed by atoms with Crippen molar-refractivity contribution in [3.63, 3.8) is 0 Å². The van der Waals surface area contributed by atoms with Crippen LogP contribution < -0.4 is 0 Å². The normalized spacial score (nSPS) is 11.9. The van der Waals surface area contributed by atoms with E-state index in [4.69, 9.17) is 9.84 Å². The van der Waals surface area contributed by atoms with Gasteiger partial charge in [0.05, 0.1) is 0 Å². The van der Waals surface area contributed by atoms with Gasteiger partial charge in [-0.05, 0) is 25.7 Å². The van der Waals surface area contributed by atoms with E-state index in [9.17, 15) is 5.11 Å². The molecule has 0 amide bonds. The minimum atomic E-state index is -0.533. The first-order chi connectivity index (χ1) is 26.2. The summed E-state index contributed by atoms with van der Waals surface area (Å²) >= 11 is 0. The van der Waals surface area contributed by atoms with Gasteiger partial charge in [0, 0.05) is 13.2 Å². The molecule has 0 saturated heterocycles. The Morgan fingerprint density at radius 2 is 0.491 bits per heavy atom. The fourth-order valence-corrected chi connectivity index (χ4v) is 7.60. The van der Waals surface area contributed by atoms with Gasteiger partial charge in [-0.1, -0.05) is 278 Å². The molecule has 1 atom stereocenters. The molecule has 1 unspecified atom stereocenters. The first kappa shape index (κ1) is 55.0. The summed E-state index contributed by atoms with van der Waals surface area (Å²) in [7, 11) is 0. The molecule has 0 saturated carbocycles. The maximum Gasteiger partial charge on any atom is 0.154 e. The van der Waals surface area contributed by atoms with Gasteiger partial charge in [-0.2, -0.15) is 0 Å². The van der Waals surface area contributed by atoms with E-state index in [0.29, 0.717) is 6.61 Å². The van der Waals surface area contributed by atoms with E-state index in [0.717, 1.165) is 32.3 Å². The maximum atomic E-state index is 10.0. The quantitative estimate of drug-likeness (QED) is 0.0481. The second kappa shape index (κ2) is 54.0. The molecule has 3 nitrogen and oxygen atoms in total.